The molecular weight excluding hydrogens is 823 g/mol. The van der Waals surface area contributed by atoms with Gasteiger partial charge in [-0.3, -0.25) is 0 Å². The van der Waals surface area contributed by atoms with Gasteiger partial charge in [0.15, 0.2) is 17.5 Å². The van der Waals surface area contributed by atoms with Crippen LogP contribution in [0.4, 0.5) is 0 Å². The first-order chi connectivity index (χ1) is 33.0. The van der Waals surface area contributed by atoms with Crippen molar-refractivity contribution in [3.8, 4) is 56.4 Å². The molecule has 0 saturated heterocycles. The van der Waals surface area contributed by atoms with Crippen molar-refractivity contribution in [3.63, 3.8) is 0 Å². The van der Waals surface area contributed by atoms with E-state index in [0.29, 0.717) is 22.9 Å². The van der Waals surface area contributed by atoms with E-state index in [1.54, 1.807) is 0 Å². The zero-order chi connectivity index (χ0) is 43.8. The second-order valence-corrected chi connectivity index (χ2v) is 19.8. The SMILES string of the molecule is c1ccc2c(c1)oc1cc(-c3nc(-c4cc(-c5ccc(C67CC8CC(CC(C8)C6)C7)cc5)cc(-c5ccc6oc7ccccc7c6c5)c4)nc(-c4ccc5oc6ccccc6c5c4)n3)ccc12. The lowest BCUT2D eigenvalue weighted by Gasteiger charge is -2.57. The van der Waals surface area contributed by atoms with Gasteiger partial charge in [0.05, 0.1) is 0 Å². The highest BCUT2D eigenvalue weighted by atomic mass is 16.3. The molecule has 12 aromatic rings. The molecular formula is C61H43N3O3. The first kappa shape index (κ1) is 37.4. The topological polar surface area (TPSA) is 78.1 Å². The Labute approximate surface area is 385 Å². The van der Waals surface area contributed by atoms with Crippen LogP contribution in [0.5, 0.6) is 0 Å². The molecule has 0 amide bonds. The van der Waals surface area contributed by atoms with Crippen molar-refractivity contribution < 1.29 is 13.3 Å². The van der Waals surface area contributed by atoms with Crippen LogP contribution in [0.2, 0.25) is 0 Å². The summed E-state index contributed by atoms with van der Waals surface area (Å²) in [6.07, 6.45) is 8.37. The number of para-hydroxylation sites is 3. The number of aromatic nitrogens is 3. The van der Waals surface area contributed by atoms with E-state index in [2.05, 4.69) is 109 Å². The molecule has 67 heavy (non-hydrogen) atoms. The predicted molar refractivity (Wildman–Crippen MR) is 269 cm³/mol. The molecule has 0 unspecified atom stereocenters. The quantitative estimate of drug-likeness (QED) is 0.166. The van der Waals surface area contributed by atoms with E-state index in [1.165, 1.54) is 49.7 Å². The largest absolute Gasteiger partial charge is 0.456 e. The Kier molecular flexibility index (Phi) is 7.86. The predicted octanol–water partition coefficient (Wildman–Crippen LogP) is 16.4. The van der Waals surface area contributed by atoms with Crippen molar-refractivity contribution in [3.05, 3.63) is 175 Å². The Balaban J connectivity index is 0.921. The minimum Gasteiger partial charge on any atom is -0.456 e. The number of hydrogen-bond donors (Lipinski definition) is 0. The fourth-order valence-corrected chi connectivity index (χ4v) is 13.0. The van der Waals surface area contributed by atoms with E-state index in [1.807, 2.05) is 60.7 Å². The molecule has 8 aromatic carbocycles. The smallest absolute Gasteiger partial charge is 0.164 e. The maximum absolute atomic E-state index is 6.39. The average Bonchev–Trinajstić information content (AvgIpc) is 4.06. The Morgan fingerprint density at radius 2 is 0.716 bits per heavy atom. The van der Waals surface area contributed by atoms with Crippen molar-refractivity contribution in [2.75, 3.05) is 0 Å². The van der Waals surface area contributed by atoms with Gasteiger partial charge in [-0.2, -0.15) is 0 Å². The molecule has 6 heteroatoms. The van der Waals surface area contributed by atoms with E-state index in [-0.39, 0.29) is 0 Å². The molecule has 0 spiro atoms. The standard InChI is InChI=1S/C61H43N3O3/c1-4-10-52-46(7-1)49-20-15-41(31-57(49)67-52)59-62-58(40-17-22-56-51(30-40)48-9-3-6-12-54(48)66-56)63-60(64-59)44-27-42(26-43(28-44)39-16-21-55-50(29-39)47-8-2-5-11-53(47)65-55)38-13-18-45(19-14-38)61-32-35-23-36(33-61)25-37(24-35)34-61/h1-22,26-31,35-37H,23-25,32-34H2. The summed E-state index contributed by atoms with van der Waals surface area (Å²) in [7, 11) is 0. The molecule has 4 bridgehead atoms. The number of hydrogen-bond acceptors (Lipinski definition) is 6. The van der Waals surface area contributed by atoms with Gasteiger partial charge in [0.1, 0.15) is 33.5 Å². The number of rotatable bonds is 6. The van der Waals surface area contributed by atoms with Crippen LogP contribution in [-0.2, 0) is 5.41 Å². The van der Waals surface area contributed by atoms with Crippen LogP contribution >= 0.6 is 0 Å². The van der Waals surface area contributed by atoms with Gasteiger partial charge < -0.3 is 13.3 Å². The zero-order valence-corrected chi connectivity index (χ0v) is 36.7. The summed E-state index contributed by atoms with van der Waals surface area (Å²) in [6.45, 7) is 0. The number of nitrogens with zero attached hydrogens (tertiary/aromatic N) is 3. The third-order valence-electron chi connectivity index (χ3n) is 15.7. The molecule has 4 fully saturated rings. The van der Waals surface area contributed by atoms with Gasteiger partial charge in [-0.1, -0.05) is 91.0 Å². The summed E-state index contributed by atoms with van der Waals surface area (Å²) >= 11 is 0. The molecule has 4 aliphatic carbocycles. The minimum absolute atomic E-state index is 0.331. The van der Waals surface area contributed by atoms with Crippen molar-refractivity contribution in [1.82, 2.24) is 15.0 Å². The third-order valence-corrected chi connectivity index (χ3v) is 15.7. The highest BCUT2D eigenvalue weighted by Crippen LogP contribution is 2.61. The maximum Gasteiger partial charge on any atom is 0.164 e. The van der Waals surface area contributed by atoms with Gasteiger partial charge in [0, 0.05) is 49.0 Å². The fraction of sp³-hybridized carbons (Fsp3) is 0.164. The molecule has 0 aliphatic heterocycles. The summed E-state index contributed by atoms with van der Waals surface area (Å²) in [5.74, 6) is 4.42. The molecule has 0 atom stereocenters. The summed E-state index contributed by atoms with van der Waals surface area (Å²) < 4.78 is 18.9. The lowest BCUT2D eigenvalue weighted by Crippen LogP contribution is -2.48. The monoisotopic (exact) mass is 865 g/mol. The van der Waals surface area contributed by atoms with Crippen LogP contribution in [0.1, 0.15) is 44.1 Å². The normalized spacial score (nSPS) is 20.1. The summed E-state index contributed by atoms with van der Waals surface area (Å²) in [6, 6.07) is 60.0. The van der Waals surface area contributed by atoms with E-state index in [0.717, 1.165) is 117 Å². The van der Waals surface area contributed by atoms with E-state index in [9.17, 15) is 0 Å². The van der Waals surface area contributed by atoms with Gasteiger partial charge in [-0.05, 0) is 168 Å². The summed E-state index contributed by atoms with van der Waals surface area (Å²) in [4.78, 5) is 15.9. The molecule has 4 aliphatic rings. The number of benzene rings is 8. The Morgan fingerprint density at radius 3 is 1.31 bits per heavy atom. The van der Waals surface area contributed by atoms with Crippen LogP contribution in [-0.4, -0.2) is 15.0 Å². The minimum atomic E-state index is 0.331. The van der Waals surface area contributed by atoms with Crippen LogP contribution in [0, 0.1) is 17.8 Å². The van der Waals surface area contributed by atoms with Crippen molar-refractivity contribution in [2.24, 2.45) is 17.8 Å². The first-order valence-corrected chi connectivity index (χ1v) is 23.8. The van der Waals surface area contributed by atoms with Gasteiger partial charge >= 0.3 is 0 Å². The lowest BCUT2D eigenvalue weighted by atomic mass is 9.48. The highest BCUT2D eigenvalue weighted by molar-refractivity contribution is 6.08. The Bertz CT molecular complexity index is 3950. The van der Waals surface area contributed by atoms with Crippen molar-refractivity contribution in [2.45, 2.75) is 43.9 Å². The number of fused-ring (bicyclic) bond motifs is 9. The van der Waals surface area contributed by atoms with Gasteiger partial charge in [-0.15, -0.1) is 0 Å². The molecule has 320 valence electrons. The second-order valence-electron chi connectivity index (χ2n) is 19.8. The molecule has 4 aromatic heterocycles. The van der Waals surface area contributed by atoms with Crippen molar-refractivity contribution in [1.29, 1.82) is 0 Å². The Hall–Kier alpha value is -7.83. The summed E-state index contributed by atoms with van der Waals surface area (Å²) in [5, 5.41) is 6.40. The molecule has 4 saturated carbocycles. The molecule has 16 rings (SSSR count). The molecule has 6 nitrogen and oxygen atoms in total. The summed E-state index contributed by atoms with van der Waals surface area (Å²) in [5.41, 5.74) is 14.0. The van der Waals surface area contributed by atoms with Gasteiger partial charge in [0.25, 0.3) is 0 Å². The highest BCUT2D eigenvalue weighted by Gasteiger charge is 2.51. The third kappa shape index (κ3) is 5.98. The van der Waals surface area contributed by atoms with Crippen LogP contribution < -0.4 is 0 Å². The second kappa shape index (κ2) is 14.1. The van der Waals surface area contributed by atoms with E-state index < -0.39 is 0 Å². The average molecular weight is 866 g/mol. The first-order valence-electron chi connectivity index (χ1n) is 23.8. The lowest BCUT2D eigenvalue weighted by molar-refractivity contribution is -0.00518. The van der Waals surface area contributed by atoms with Crippen LogP contribution in [0.15, 0.2) is 183 Å². The zero-order valence-electron chi connectivity index (χ0n) is 36.7. The molecule has 0 N–H and O–H groups in total. The fourth-order valence-electron chi connectivity index (χ4n) is 13.0. The Morgan fingerprint density at radius 1 is 0.313 bits per heavy atom. The molecule has 0 radical (unpaired) electrons. The van der Waals surface area contributed by atoms with Gasteiger partial charge in [0.2, 0.25) is 0 Å². The van der Waals surface area contributed by atoms with Gasteiger partial charge in [-0.25, -0.2) is 15.0 Å². The van der Waals surface area contributed by atoms with Crippen LogP contribution in [0.3, 0.4) is 0 Å². The molecule has 4 heterocycles. The number of furan rings is 3. The van der Waals surface area contributed by atoms with Crippen LogP contribution in [0.25, 0.3) is 122 Å². The van der Waals surface area contributed by atoms with E-state index >= 15 is 0 Å². The maximum atomic E-state index is 6.39. The van der Waals surface area contributed by atoms with Crippen molar-refractivity contribution >= 4 is 65.8 Å². The van der Waals surface area contributed by atoms with E-state index in [4.69, 9.17) is 28.2 Å².